The van der Waals surface area contributed by atoms with E-state index in [2.05, 4.69) is 4.74 Å². The van der Waals surface area contributed by atoms with Gasteiger partial charge in [0.15, 0.2) is 0 Å². The summed E-state index contributed by atoms with van der Waals surface area (Å²) in [7, 11) is 1.61. The molecule has 0 unspecified atom stereocenters. The van der Waals surface area contributed by atoms with Gasteiger partial charge in [0.2, 0.25) is 5.91 Å². The van der Waals surface area contributed by atoms with Crippen LogP contribution in [-0.4, -0.2) is 43.8 Å². The van der Waals surface area contributed by atoms with Crippen molar-refractivity contribution in [3.63, 3.8) is 0 Å². The molecule has 100 valence electrons. The Balaban J connectivity index is 2.17. The number of rotatable bonds is 5. The number of hydrogen-bond donors (Lipinski definition) is 0. The number of alkyl halides is 3. The molecule has 0 aliphatic heterocycles. The Morgan fingerprint density at radius 1 is 1.35 bits per heavy atom. The first-order chi connectivity index (χ1) is 7.88. The Hall–Kier alpha value is -0.780. The van der Waals surface area contributed by atoms with Crippen LogP contribution in [0.3, 0.4) is 0 Å². The van der Waals surface area contributed by atoms with Crippen LogP contribution in [0.2, 0.25) is 0 Å². The first-order valence-electron chi connectivity index (χ1n) is 5.77. The van der Waals surface area contributed by atoms with E-state index in [1.165, 1.54) is 17.7 Å². The number of carbonyl (C=O) groups is 1. The number of likely N-dealkylation sites (N-methyl/N-ethyl adjacent to an activating group) is 1. The van der Waals surface area contributed by atoms with Crippen molar-refractivity contribution < 1.29 is 22.7 Å². The zero-order valence-corrected chi connectivity index (χ0v) is 9.92. The number of nitrogens with zero attached hydrogens (tertiary/aromatic N) is 1. The Labute approximate surface area is 98.9 Å². The fraction of sp³-hybridized carbons (Fsp3) is 0.909. The van der Waals surface area contributed by atoms with E-state index in [9.17, 15) is 18.0 Å². The number of halogens is 3. The standard InChI is InChI=1S/C11H18F3NO2/c1-15(6-9-4-2-3-5-9)10(16)7-17-8-11(12,13)14/h9H,2-8H2,1H3. The second-order valence-electron chi connectivity index (χ2n) is 4.53. The number of ether oxygens (including phenoxy) is 1. The molecule has 0 N–H and O–H groups in total. The fourth-order valence-corrected chi connectivity index (χ4v) is 2.05. The van der Waals surface area contributed by atoms with Crippen molar-refractivity contribution in [1.82, 2.24) is 4.90 Å². The molecule has 0 spiro atoms. The van der Waals surface area contributed by atoms with Gasteiger partial charge in [-0.3, -0.25) is 4.79 Å². The summed E-state index contributed by atoms with van der Waals surface area (Å²) < 4.78 is 39.7. The van der Waals surface area contributed by atoms with Crippen molar-refractivity contribution in [3.8, 4) is 0 Å². The summed E-state index contributed by atoms with van der Waals surface area (Å²) in [4.78, 5) is 12.9. The lowest BCUT2D eigenvalue weighted by atomic mass is 10.1. The lowest BCUT2D eigenvalue weighted by Crippen LogP contribution is -2.34. The summed E-state index contributed by atoms with van der Waals surface area (Å²) in [5.74, 6) is 0.104. The highest BCUT2D eigenvalue weighted by Gasteiger charge is 2.28. The van der Waals surface area contributed by atoms with Gasteiger partial charge in [-0.1, -0.05) is 12.8 Å². The molecule has 0 aromatic carbocycles. The maximum Gasteiger partial charge on any atom is 0.411 e. The quantitative estimate of drug-likeness (QED) is 0.751. The molecule has 0 aromatic rings. The minimum Gasteiger partial charge on any atom is -0.362 e. The zero-order valence-electron chi connectivity index (χ0n) is 9.92. The normalized spacial score (nSPS) is 17.4. The van der Waals surface area contributed by atoms with Gasteiger partial charge in [-0.25, -0.2) is 0 Å². The van der Waals surface area contributed by atoms with E-state index in [1.54, 1.807) is 7.05 Å². The Bertz CT molecular complexity index is 250. The van der Waals surface area contributed by atoms with E-state index >= 15 is 0 Å². The van der Waals surface area contributed by atoms with Gasteiger partial charge in [0, 0.05) is 13.6 Å². The van der Waals surface area contributed by atoms with Gasteiger partial charge in [0.05, 0.1) is 0 Å². The van der Waals surface area contributed by atoms with Crippen molar-refractivity contribution in [2.45, 2.75) is 31.9 Å². The van der Waals surface area contributed by atoms with E-state index in [0.717, 1.165) is 12.8 Å². The minimum absolute atomic E-state index is 0.388. The van der Waals surface area contributed by atoms with Crippen LogP contribution in [0.25, 0.3) is 0 Å². The molecular formula is C11H18F3NO2. The summed E-state index contributed by atoms with van der Waals surface area (Å²) in [6.07, 6.45) is 0.181. The fourth-order valence-electron chi connectivity index (χ4n) is 2.05. The van der Waals surface area contributed by atoms with E-state index in [-0.39, 0.29) is 5.91 Å². The molecule has 0 atom stereocenters. The first-order valence-corrected chi connectivity index (χ1v) is 5.77. The second kappa shape index (κ2) is 6.23. The van der Waals surface area contributed by atoms with Gasteiger partial charge < -0.3 is 9.64 Å². The van der Waals surface area contributed by atoms with Crippen molar-refractivity contribution >= 4 is 5.91 Å². The molecule has 3 nitrogen and oxygen atoms in total. The molecule has 1 aliphatic rings. The molecule has 6 heteroatoms. The van der Waals surface area contributed by atoms with Crippen LogP contribution in [0.15, 0.2) is 0 Å². The topological polar surface area (TPSA) is 29.5 Å². The van der Waals surface area contributed by atoms with Gasteiger partial charge in [0.1, 0.15) is 13.2 Å². The highest BCUT2D eigenvalue weighted by molar-refractivity contribution is 5.77. The van der Waals surface area contributed by atoms with Crippen LogP contribution in [0.1, 0.15) is 25.7 Å². The van der Waals surface area contributed by atoms with Gasteiger partial charge in [-0.05, 0) is 18.8 Å². The van der Waals surface area contributed by atoms with Gasteiger partial charge in [-0.2, -0.15) is 13.2 Å². The summed E-state index contributed by atoms with van der Waals surface area (Å²) in [5, 5.41) is 0. The molecule has 0 bridgehead atoms. The second-order valence-corrected chi connectivity index (χ2v) is 4.53. The maximum absolute atomic E-state index is 11.8. The average molecular weight is 253 g/mol. The SMILES string of the molecule is CN(CC1CCCC1)C(=O)COCC(F)(F)F. The third-order valence-corrected chi connectivity index (χ3v) is 2.92. The molecular weight excluding hydrogens is 235 g/mol. The molecule has 1 amide bonds. The lowest BCUT2D eigenvalue weighted by molar-refractivity contribution is -0.177. The maximum atomic E-state index is 11.8. The first kappa shape index (κ1) is 14.3. The molecule has 17 heavy (non-hydrogen) atoms. The van der Waals surface area contributed by atoms with E-state index in [1.807, 2.05) is 0 Å². The molecule has 0 heterocycles. The third-order valence-electron chi connectivity index (χ3n) is 2.92. The van der Waals surface area contributed by atoms with Crippen LogP contribution in [0.4, 0.5) is 13.2 Å². The van der Waals surface area contributed by atoms with Crippen LogP contribution >= 0.6 is 0 Å². The molecule has 1 aliphatic carbocycles. The van der Waals surface area contributed by atoms with E-state index in [4.69, 9.17) is 0 Å². The average Bonchev–Trinajstić information content (AvgIpc) is 2.68. The highest BCUT2D eigenvalue weighted by Crippen LogP contribution is 2.25. The Morgan fingerprint density at radius 3 is 2.47 bits per heavy atom. The molecule has 0 saturated heterocycles. The summed E-state index contributed by atoms with van der Waals surface area (Å²) >= 11 is 0. The zero-order chi connectivity index (χ0) is 12.9. The Morgan fingerprint density at radius 2 is 1.94 bits per heavy atom. The Kier molecular flexibility index (Phi) is 5.24. The predicted octanol–water partition coefficient (Wildman–Crippen LogP) is 2.21. The van der Waals surface area contributed by atoms with Crippen LogP contribution in [-0.2, 0) is 9.53 Å². The predicted molar refractivity (Wildman–Crippen MR) is 56.5 cm³/mol. The molecule has 1 fully saturated rings. The summed E-state index contributed by atoms with van der Waals surface area (Å²) in [6.45, 7) is -1.24. The van der Waals surface area contributed by atoms with Crippen LogP contribution in [0.5, 0.6) is 0 Å². The van der Waals surface area contributed by atoms with E-state index < -0.39 is 19.4 Å². The van der Waals surface area contributed by atoms with Crippen molar-refractivity contribution in [2.75, 3.05) is 26.8 Å². The number of amides is 1. The molecule has 1 saturated carbocycles. The third kappa shape index (κ3) is 5.91. The van der Waals surface area contributed by atoms with Crippen molar-refractivity contribution in [3.05, 3.63) is 0 Å². The van der Waals surface area contributed by atoms with Gasteiger partial charge >= 0.3 is 6.18 Å². The van der Waals surface area contributed by atoms with Gasteiger partial charge in [0.25, 0.3) is 0 Å². The van der Waals surface area contributed by atoms with Crippen LogP contribution in [0, 0.1) is 5.92 Å². The minimum atomic E-state index is -4.37. The monoisotopic (exact) mass is 253 g/mol. The molecule has 0 aromatic heterocycles. The van der Waals surface area contributed by atoms with Crippen molar-refractivity contribution in [1.29, 1.82) is 0 Å². The smallest absolute Gasteiger partial charge is 0.362 e. The number of hydrogen-bond acceptors (Lipinski definition) is 2. The summed E-state index contributed by atoms with van der Waals surface area (Å²) in [6, 6.07) is 0. The molecule has 0 radical (unpaired) electrons. The molecule has 1 rings (SSSR count). The van der Waals surface area contributed by atoms with Crippen LogP contribution < -0.4 is 0 Å². The van der Waals surface area contributed by atoms with E-state index in [0.29, 0.717) is 12.5 Å². The highest BCUT2D eigenvalue weighted by atomic mass is 19.4. The largest absolute Gasteiger partial charge is 0.411 e. The lowest BCUT2D eigenvalue weighted by Gasteiger charge is -2.21. The van der Waals surface area contributed by atoms with Crippen molar-refractivity contribution in [2.24, 2.45) is 5.92 Å². The summed E-state index contributed by atoms with van der Waals surface area (Å²) in [5.41, 5.74) is 0. The van der Waals surface area contributed by atoms with Gasteiger partial charge in [-0.15, -0.1) is 0 Å². The number of carbonyl (C=O) groups excluding carboxylic acids is 1.